The number of carbonyl (C=O) groups is 1. The molecule has 4 rings (SSSR count). The second-order valence-electron chi connectivity index (χ2n) is 7.06. The highest BCUT2D eigenvalue weighted by atomic mass is 16.5. The number of ether oxygens (including phenoxy) is 2. The van der Waals surface area contributed by atoms with Crippen LogP contribution >= 0.6 is 0 Å². The smallest absolute Gasteiger partial charge is 0.229 e. The van der Waals surface area contributed by atoms with Crippen molar-refractivity contribution in [2.24, 2.45) is 5.92 Å². The van der Waals surface area contributed by atoms with Crippen LogP contribution in [0.15, 0.2) is 28.8 Å². The number of nitrogens with zero attached hydrogens (tertiary/aromatic N) is 3. The summed E-state index contributed by atoms with van der Waals surface area (Å²) in [7, 11) is 1.63. The van der Waals surface area contributed by atoms with Gasteiger partial charge in [0.2, 0.25) is 11.8 Å². The first-order valence-electron chi connectivity index (χ1n) is 8.96. The fourth-order valence-electron chi connectivity index (χ4n) is 3.84. The summed E-state index contributed by atoms with van der Waals surface area (Å²) in [6.07, 6.45) is 2.20. The maximum Gasteiger partial charge on any atom is 0.229 e. The molecule has 1 aromatic carbocycles. The average molecular weight is 357 g/mol. The Morgan fingerprint density at radius 1 is 1.31 bits per heavy atom. The lowest BCUT2D eigenvalue weighted by molar-refractivity contribution is -0.130. The number of benzene rings is 1. The van der Waals surface area contributed by atoms with Gasteiger partial charge in [0.05, 0.1) is 32.2 Å². The fourth-order valence-corrected chi connectivity index (χ4v) is 3.84. The van der Waals surface area contributed by atoms with Crippen molar-refractivity contribution in [2.45, 2.75) is 38.4 Å². The quantitative estimate of drug-likeness (QED) is 0.812. The summed E-state index contributed by atoms with van der Waals surface area (Å²) in [5.41, 5.74) is 0.999. The number of amides is 1. The highest BCUT2D eigenvalue weighted by Gasteiger charge is 2.43. The molecule has 0 saturated carbocycles. The summed E-state index contributed by atoms with van der Waals surface area (Å²) in [6, 6.07) is 7.64. The monoisotopic (exact) mass is 357 g/mol. The molecule has 0 N–H and O–H groups in total. The third-order valence-electron chi connectivity index (χ3n) is 5.15. The predicted molar refractivity (Wildman–Crippen MR) is 92.8 cm³/mol. The van der Waals surface area contributed by atoms with E-state index in [-0.39, 0.29) is 18.1 Å². The van der Waals surface area contributed by atoms with E-state index in [1.54, 1.807) is 7.11 Å². The summed E-state index contributed by atoms with van der Waals surface area (Å²) >= 11 is 0. The molecule has 3 heterocycles. The van der Waals surface area contributed by atoms with Gasteiger partial charge in [-0.1, -0.05) is 17.3 Å². The van der Waals surface area contributed by atoms with Crippen molar-refractivity contribution in [3.63, 3.8) is 0 Å². The van der Waals surface area contributed by atoms with Gasteiger partial charge >= 0.3 is 0 Å². The summed E-state index contributed by atoms with van der Waals surface area (Å²) in [4.78, 5) is 18.7. The fraction of sp³-hybridized carbons (Fsp3) is 0.526. The second kappa shape index (κ2) is 7.07. The summed E-state index contributed by atoms with van der Waals surface area (Å²) in [6.45, 7) is 3.24. The van der Waals surface area contributed by atoms with Gasteiger partial charge in [-0.05, 0) is 31.0 Å². The Bertz CT molecular complexity index is 759. The molecule has 0 aliphatic carbocycles. The number of carbonyl (C=O) groups excluding carboxylic acids is 1. The van der Waals surface area contributed by atoms with E-state index in [4.69, 9.17) is 14.0 Å². The van der Waals surface area contributed by atoms with Crippen LogP contribution in [0.5, 0.6) is 5.75 Å². The van der Waals surface area contributed by atoms with Crippen LogP contribution in [0.1, 0.15) is 23.7 Å². The Balaban J connectivity index is 1.29. The maximum atomic E-state index is 12.6. The lowest BCUT2D eigenvalue weighted by Gasteiger charge is -2.19. The zero-order chi connectivity index (χ0) is 18.1. The Labute approximate surface area is 152 Å². The van der Waals surface area contributed by atoms with Crippen molar-refractivity contribution in [1.82, 2.24) is 15.0 Å². The maximum absolute atomic E-state index is 12.6. The van der Waals surface area contributed by atoms with Gasteiger partial charge < -0.3 is 18.9 Å². The normalized spacial score (nSPS) is 24.7. The van der Waals surface area contributed by atoms with Crippen molar-refractivity contribution in [2.75, 3.05) is 20.2 Å². The van der Waals surface area contributed by atoms with Gasteiger partial charge in [-0.3, -0.25) is 4.79 Å². The number of aryl methyl sites for hydroxylation is 1. The first-order chi connectivity index (χ1) is 12.6. The molecule has 0 bridgehead atoms. The zero-order valence-electron chi connectivity index (χ0n) is 15.1. The van der Waals surface area contributed by atoms with E-state index in [2.05, 4.69) is 10.1 Å². The topological polar surface area (TPSA) is 77.7 Å². The Morgan fingerprint density at radius 2 is 2.12 bits per heavy atom. The van der Waals surface area contributed by atoms with Crippen LogP contribution in [0.4, 0.5) is 0 Å². The molecule has 0 radical (unpaired) electrons. The molecule has 3 atom stereocenters. The summed E-state index contributed by atoms with van der Waals surface area (Å²) < 4.78 is 16.4. The van der Waals surface area contributed by atoms with Gasteiger partial charge in [0.25, 0.3) is 0 Å². The largest absolute Gasteiger partial charge is 0.497 e. The Kier molecular flexibility index (Phi) is 4.63. The van der Waals surface area contributed by atoms with Crippen molar-refractivity contribution >= 4 is 5.91 Å². The molecule has 1 aromatic heterocycles. The van der Waals surface area contributed by atoms with Crippen molar-refractivity contribution in [3.8, 4) is 5.75 Å². The van der Waals surface area contributed by atoms with Gasteiger partial charge in [0, 0.05) is 19.0 Å². The van der Waals surface area contributed by atoms with Crippen LogP contribution in [-0.2, 0) is 22.4 Å². The lowest BCUT2D eigenvalue weighted by atomic mass is 10.0. The van der Waals surface area contributed by atoms with Crippen molar-refractivity contribution in [1.29, 1.82) is 0 Å². The van der Waals surface area contributed by atoms with Gasteiger partial charge in [-0.15, -0.1) is 0 Å². The van der Waals surface area contributed by atoms with E-state index in [0.29, 0.717) is 37.0 Å². The number of fused-ring (bicyclic) bond motifs is 1. The number of hydrogen-bond donors (Lipinski definition) is 0. The highest BCUT2D eigenvalue weighted by molar-refractivity contribution is 5.79. The number of rotatable bonds is 5. The van der Waals surface area contributed by atoms with Crippen molar-refractivity contribution in [3.05, 3.63) is 41.5 Å². The molecule has 2 aliphatic rings. The third-order valence-corrected chi connectivity index (χ3v) is 5.15. The molecule has 2 fully saturated rings. The number of hydrogen-bond acceptors (Lipinski definition) is 6. The van der Waals surface area contributed by atoms with Crippen LogP contribution in [0, 0.1) is 12.8 Å². The predicted octanol–water partition coefficient (Wildman–Crippen LogP) is 1.79. The van der Waals surface area contributed by atoms with Gasteiger partial charge in [-0.2, -0.15) is 4.98 Å². The SMILES string of the molecule is COc1ccc(CC(=O)N2C[C@H]3C[C@@H](Cc4nc(C)no4)O[C@@H]3C2)cc1. The highest BCUT2D eigenvalue weighted by Crippen LogP contribution is 2.34. The molecule has 1 amide bonds. The molecular weight excluding hydrogens is 334 g/mol. The number of aromatic nitrogens is 2. The van der Waals surface area contributed by atoms with E-state index in [0.717, 1.165) is 24.3 Å². The van der Waals surface area contributed by atoms with E-state index in [9.17, 15) is 4.79 Å². The minimum Gasteiger partial charge on any atom is -0.497 e. The van der Waals surface area contributed by atoms with Gasteiger partial charge in [0.1, 0.15) is 5.75 Å². The molecule has 0 unspecified atom stereocenters. The molecule has 2 aromatic rings. The van der Waals surface area contributed by atoms with Crippen LogP contribution in [-0.4, -0.2) is 53.4 Å². The first kappa shape index (κ1) is 17.0. The second-order valence-corrected chi connectivity index (χ2v) is 7.06. The summed E-state index contributed by atoms with van der Waals surface area (Å²) in [5, 5.41) is 3.81. The minimum atomic E-state index is 0.101. The van der Waals surface area contributed by atoms with Crippen LogP contribution in [0.2, 0.25) is 0 Å². The van der Waals surface area contributed by atoms with Crippen LogP contribution < -0.4 is 4.74 Å². The summed E-state index contributed by atoms with van der Waals surface area (Å²) in [5.74, 6) is 2.61. The lowest BCUT2D eigenvalue weighted by Crippen LogP contribution is -2.32. The average Bonchev–Trinajstić information content (AvgIpc) is 3.30. The van der Waals surface area contributed by atoms with E-state index >= 15 is 0 Å². The van der Waals surface area contributed by atoms with Crippen LogP contribution in [0.25, 0.3) is 0 Å². The molecule has 7 nitrogen and oxygen atoms in total. The first-order valence-corrected chi connectivity index (χ1v) is 8.96. The van der Waals surface area contributed by atoms with E-state index < -0.39 is 0 Å². The Hall–Kier alpha value is -2.41. The molecule has 138 valence electrons. The van der Waals surface area contributed by atoms with E-state index in [1.807, 2.05) is 36.1 Å². The third kappa shape index (κ3) is 3.58. The standard InChI is InChI=1S/C19H23N3O4/c1-12-20-18(26-21-12)9-16-8-14-10-22(11-17(14)25-16)19(23)7-13-3-5-15(24-2)6-4-13/h3-6,14,16-17H,7-11H2,1-2H3/t14-,16+,17-/m1/s1. The molecule has 7 heteroatoms. The zero-order valence-corrected chi connectivity index (χ0v) is 15.1. The molecule has 26 heavy (non-hydrogen) atoms. The number of likely N-dealkylation sites (tertiary alicyclic amines) is 1. The molecular formula is C19H23N3O4. The van der Waals surface area contributed by atoms with Crippen LogP contribution in [0.3, 0.4) is 0 Å². The molecule has 2 saturated heterocycles. The van der Waals surface area contributed by atoms with Gasteiger partial charge in [0.15, 0.2) is 5.82 Å². The number of methoxy groups -OCH3 is 1. The Morgan fingerprint density at radius 3 is 2.77 bits per heavy atom. The van der Waals surface area contributed by atoms with Gasteiger partial charge in [-0.25, -0.2) is 0 Å². The molecule has 0 spiro atoms. The van der Waals surface area contributed by atoms with E-state index in [1.165, 1.54) is 0 Å². The minimum absolute atomic E-state index is 0.101. The molecule has 2 aliphatic heterocycles. The van der Waals surface area contributed by atoms with Crippen molar-refractivity contribution < 1.29 is 18.8 Å².